The van der Waals surface area contributed by atoms with Gasteiger partial charge < -0.3 is 14.8 Å². The molecule has 5 heteroatoms. The summed E-state index contributed by atoms with van der Waals surface area (Å²) in [6, 6.07) is 4.74. The number of hydrogen-bond acceptors (Lipinski definition) is 3. The van der Waals surface area contributed by atoms with Crippen LogP contribution in [-0.2, 0) is 17.8 Å². The lowest BCUT2D eigenvalue weighted by Crippen LogP contribution is -2.11. The van der Waals surface area contributed by atoms with E-state index < -0.39 is 5.97 Å². The minimum Gasteiger partial charge on any atom is -0.508 e. The average molecular weight is 220 g/mol. The van der Waals surface area contributed by atoms with Gasteiger partial charge in [0.1, 0.15) is 18.1 Å². The van der Waals surface area contributed by atoms with E-state index in [1.165, 1.54) is 12.1 Å². The predicted molar refractivity (Wildman–Crippen MR) is 58.4 cm³/mol. The van der Waals surface area contributed by atoms with Crippen molar-refractivity contribution in [2.75, 3.05) is 0 Å². The van der Waals surface area contributed by atoms with Crippen LogP contribution in [0.15, 0.2) is 18.2 Å². The molecule has 0 radical (unpaired) electrons. The second-order valence-corrected chi connectivity index (χ2v) is 3.53. The molecule has 0 aliphatic heterocycles. The molecule has 5 nitrogen and oxygen atoms in total. The van der Waals surface area contributed by atoms with Gasteiger partial charge in [0, 0.05) is 12.5 Å². The fourth-order valence-electron chi connectivity index (χ4n) is 1.75. The first-order chi connectivity index (χ1) is 7.61. The minimum atomic E-state index is -0.901. The molecule has 0 fully saturated rings. The van der Waals surface area contributed by atoms with Crippen LogP contribution in [-0.4, -0.2) is 25.7 Å². The molecule has 0 saturated heterocycles. The third-order valence-corrected chi connectivity index (χ3v) is 2.42. The van der Waals surface area contributed by atoms with Gasteiger partial charge in [-0.2, -0.15) is 0 Å². The lowest BCUT2D eigenvalue weighted by Gasteiger charge is -2.03. The number of aromatic hydroxyl groups is 1. The van der Waals surface area contributed by atoms with Crippen LogP contribution in [0.25, 0.3) is 11.0 Å². The molecule has 0 amide bonds. The summed E-state index contributed by atoms with van der Waals surface area (Å²) in [6.07, 6.45) is 0.655. The van der Waals surface area contributed by atoms with Crippen molar-refractivity contribution in [2.24, 2.45) is 0 Å². The van der Waals surface area contributed by atoms with Crippen molar-refractivity contribution in [2.45, 2.75) is 19.9 Å². The van der Waals surface area contributed by atoms with Crippen molar-refractivity contribution in [1.29, 1.82) is 0 Å². The summed E-state index contributed by atoms with van der Waals surface area (Å²) in [5.74, 6) is -0.0554. The Labute approximate surface area is 92.0 Å². The predicted octanol–water partition coefficient (Wildman–Crippen LogP) is 1.39. The molecular weight excluding hydrogens is 208 g/mol. The van der Waals surface area contributed by atoms with E-state index in [0.29, 0.717) is 17.8 Å². The van der Waals surface area contributed by atoms with Crippen molar-refractivity contribution in [3.8, 4) is 5.75 Å². The number of phenols is 1. The fourth-order valence-corrected chi connectivity index (χ4v) is 1.75. The van der Waals surface area contributed by atoms with Gasteiger partial charge in [-0.05, 0) is 12.1 Å². The normalized spacial score (nSPS) is 10.8. The zero-order valence-electron chi connectivity index (χ0n) is 8.84. The standard InChI is InChI=1S/C11H12N2O3/c1-2-10-12-8-5-7(14)3-4-9(8)13(10)6-11(15)16/h3-5,14H,2,6H2,1H3,(H,15,16). The summed E-state index contributed by atoms with van der Waals surface area (Å²) < 4.78 is 1.65. The summed E-state index contributed by atoms with van der Waals surface area (Å²) in [7, 11) is 0. The third kappa shape index (κ3) is 1.71. The topological polar surface area (TPSA) is 75.4 Å². The molecule has 0 spiro atoms. The summed E-state index contributed by atoms with van der Waals surface area (Å²) in [6.45, 7) is 1.81. The number of carbonyl (C=O) groups is 1. The number of aromatic nitrogens is 2. The maximum atomic E-state index is 10.7. The number of carboxylic acids is 1. The highest BCUT2D eigenvalue weighted by molar-refractivity contribution is 5.79. The number of hydrogen-bond donors (Lipinski definition) is 2. The highest BCUT2D eigenvalue weighted by Crippen LogP contribution is 2.21. The van der Waals surface area contributed by atoms with E-state index in [9.17, 15) is 9.90 Å². The largest absolute Gasteiger partial charge is 0.508 e. The van der Waals surface area contributed by atoms with Crippen molar-refractivity contribution in [1.82, 2.24) is 9.55 Å². The molecule has 0 atom stereocenters. The van der Waals surface area contributed by atoms with E-state index in [1.807, 2.05) is 6.92 Å². The Bertz CT molecular complexity index is 545. The highest BCUT2D eigenvalue weighted by atomic mass is 16.4. The molecule has 2 rings (SSSR count). The lowest BCUT2D eigenvalue weighted by molar-refractivity contribution is -0.137. The molecule has 0 bridgehead atoms. The Kier molecular flexibility index (Phi) is 2.52. The van der Waals surface area contributed by atoms with Gasteiger partial charge in [-0.25, -0.2) is 4.98 Å². The molecule has 0 saturated carbocycles. The van der Waals surface area contributed by atoms with Crippen LogP contribution in [0.5, 0.6) is 5.75 Å². The minimum absolute atomic E-state index is 0.107. The van der Waals surface area contributed by atoms with Crippen molar-refractivity contribution in [3.63, 3.8) is 0 Å². The number of benzene rings is 1. The zero-order valence-corrected chi connectivity index (χ0v) is 8.84. The Hall–Kier alpha value is -2.04. The molecule has 2 aromatic rings. The van der Waals surface area contributed by atoms with Gasteiger partial charge in [0.05, 0.1) is 11.0 Å². The molecule has 0 aliphatic rings. The summed E-state index contributed by atoms with van der Waals surface area (Å²) in [5, 5.41) is 18.1. The number of rotatable bonds is 3. The molecule has 2 N–H and O–H groups in total. The molecule has 84 valence electrons. The van der Waals surface area contributed by atoms with E-state index in [0.717, 1.165) is 5.52 Å². The van der Waals surface area contributed by atoms with Crippen LogP contribution >= 0.6 is 0 Å². The maximum absolute atomic E-state index is 10.7. The maximum Gasteiger partial charge on any atom is 0.323 e. The van der Waals surface area contributed by atoms with Crippen molar-refractivity contribution in [3.05, 3.63) is 24.0 Å². The van der Waals surface area contributed by atoms with Crippen LogP contribution < -0.4 is 0 Å². The second kappa shape index (κ2) is 3.84. The first-order valence-corrected chi connectivity index (χ1v) is 5.01. The number of imidazole rings is 1. The van der Waals surface area contributed by atoms with Gasteiger partial charge in [-0.3, -0.25) is 4.79 Å². The third-order valence-electron chi connectivity index (χ3n) is 2.42. The quantitative estimate of drug-likeness (QED) is 0.819. The summed E-state index contributed by atoms with van der Waals surface area (Å²) >= 11 is 0. The first-order valence-electron chi connectivity index (χ1n) is 5.01. The highest BCUT2D eigenvalue weighted by Gasteiger charge is 2.11. The SMILES string of the molecule is CCc1nc2cc(O)ccc2n1CC(=O)O. The molecular formula is C11H12N2O3. The van der Waals surface area contributed by atoms with Crippen LogP contribution in [0.3, 0.4) is 0 Å². The average Bonchev–Trinajstić information content (AvgIpc) is 2.55. The van der Waals surface area contributed by atoms with Gasteiger partial charge in [-0.15, -0.1) is 0 Å². The van der Waals surface area contributed by atoms with Crippen LogP contribution in [0.2, 0.25) is 0 Å². The first kappa shape index (κ1) is 10.5. The van der Waals surface area contributed by atoms with Crippen molar-refractivity contribution < 1.29 is 15.0 Å². The van der Waals surface area contributed by atoms with Gasteiger partial charge in [0.15, 0.2) is 0 Å². The Morgan fingerprint density at radius 1 is 1.50 bits per heavy atom. The zero-order chi connectivity index (χ0) is 11.7. The van der Waals surface area contributed by atoms with E-state index in [2.05, 4.69) is 4.98 Å². The van der Waals surface area contributed by atoms with Crippen LogP contribution in [0, 0.1) is 0 Å². The van der Waals surface area contributed by atoms with Crippen molar-refractivity contribution >= 4 is 17.0 Å². The van der Waals surface area contributed by atoms with Gasteiger partial charge in [-0.1, -0.05) is 6.92 Å². The second-order valence-electron chi connectivity index (χ2n) is 3.53. The van der Waals surface area contributed by atoms with Gasteiger partial charge in [0.25, 0.3) is 0 Å². The smallest absolute Gasteiger partial charge is 0.323 e. The van der Waals surface area contributed by atoms with Gasteiger partial charge >= 0.3 is 5.97 Å². The van der Waals surface area contributed by atoms with E-state index in [4.69, 9.17) is 5.11 Å². The monoisotopic (exact) mass is 220 g/mol. The molecule has 0 unspecified atom stereocenters. The lowest BCUT2D eigenvalue weighted by atomic mass is 10.3. The number of aliphatic carboxylic acids is 1. The van der Waals surface area contributed by atoms with Crippen LogP contribution in [0.4, 0.5) is 0 Å². The van der Waals surface area contributed by atoms with E-state index in [-0.39, 0.29) is 12.3 Å². The molecule has 1 aromatic heterocycles. The number of nitrogens with zero attached hydrogens (tertiary/aromatic N) is 2. The molecule has 16 heavy (non-hydrogen) atoms. The Balaban J connectivity index is 2.63. The van der Waals surface area contributed by atoms with Gasteiger partial charge in [0.2, 0.25) is 0 Å². The Morgan fingerprint density at radius 2 is 2.25 bits per heavy atom. The number of phenolic OH excluding ortho intramolecular Hbond substituents is 1. The summed E-state index contributed by atoms with van der Waals surface area (Å²) in [4.78, 5) is 15.0. The molecule has 1 aromatic carbocycles. The number of carboxylic acid groups (broad SMARTS) is 1. The fraction of sp³-hybridized carbons (Fsp3) is 0.273. The number of fused-ring (bicyclic) bond motifs is 1. The summed E-state index contributed by atoms with van der Waals surface area (Å²) in [5.41, 5.74) is 1.36. The van der Waals surface area contributed by atoms with Crippen LogP contribution in [0.1, 0.15) is 12.7 Å². The Morgan fingerprint density at radius 3 is 2.88 bits per heavy atom. The van der Waals surface area contributed by atoms with E-state index in [1.54, 1.807) is 10.6 Å². The number of aryl methyl sites for hydroxylation is 1. The molecule has 0 aliphatic carbocycles. The van der Waals surface area contributed by atoms with E-state index >= 15 is 0 Å². The molecule has 1 heterocycles.